The van der Waals surface area contributed by atoms with Crippen molar-refractivity contribution in [3.05, 3.63) is 11.6 Å². The van der Waals surface area contributed by atoms with Gasteiger partial charge in [0.25, 0.3) is 0 Å². The van der Waals surface area contributed by atoms with Gasteiger partial charge in [0.2, 0.25) is 0 Å². The fourth-order valence-corrected chi connectivity index (χ4v) is 1.56. The first-order chi connectivity index (χ1) is 5.77. The monoisotopic (exact) mass is 165 g/mol. The number of carbonyl (C=O) groups is 1. The van der Waals surface area contributed by atoms with Gasteiger partial charge in [0, 0.05) is 13.0 Å². The second-order valence-corrected chi connectivity index (χ2v) is 3.17. The SMILES string of the molecule is CC(=O)Cc1nnc2n1CCC2. The van der Waals surface area contributed by atoms with Gasteiger partial charge in [0.1, 0.15) is 17.4 Å². The van der Waals surface area contributed by atoms with E-state index in [1.165, 1.54) is 0 Å². The molecule has 0 amide bonds. The van der Waals surface area contributed by atoms with Gasteiger partial charge in [0.15, 0.2) is 0 Å². The maximum absolute atomic E-state index is 10.8. The molecule has 0 spiro atoms. The van der Waals surface area contributed by atoms with Gasteiger partial charge >= 0.3 is 0 Å². The van der Waals surface area contributed by atoms with Crippen LogP contribution in [-0.2, 0) is 24.2 Å². The van der Waals surface area contributed by atoms with Crippen molar-refractivity contribution >= 4 is 5.78 Å². The maximum Gasteiger partial charge on any atom is 0.140 e. The molecule has 64 valence electrons. The van der Waals surface area contributed by atoms with Crippen LogP contribution in [0.25, 0.3) is 0 Å². The Hall–Kier alpha value is -1.19. The van der Waals surface area contributed by atoms with E-state index in [1.54, 1.807) is 6.92 Å². The third-order valence-corrected chi connectivity index (χ3v) is 2.09. The average Bonchev–Trinajstić information content (AvgIpc) is 2.52. The number of rotatable bonds is 2. The van der Waals surface area contributed by atoms with Gasteiger partial charge in [-0.1, -0.05) is 0 Å². The molecule has 0 bridgehead atoms. The van der Waals surface area contributed by atoms with Crippen molar-refractivity contribution in [1.29, 1.82) is 0 Å². The van der Waals surface area contributed by atoms with Crippen molar-refractivity contribution in [1.82, 2.24) is 14.8 Å². The number of ketones is 1. The Morgan fingerprint density at radius 2 is 2.42 bits per heavy atom. The molecular weight excluding hydrogens is 154 g/mol. The molecule has 0 saturated carbocycles. The van der Waals surface area contributed by atoms with Crippen molar-refractivity contribution in [2.45, 2.75) is 32.7 Å². The number of fused-ring (bicyclic) bond motifs is 1. The molecule has 0 atom stereocenters. The summed E-state index contributed by atoms with van der Waals surface area (Å²) >= 11 is 0. The van der Waals surface area contributed by atoms with Crippen LogP contribution in [0.1, 0.15) is 25.0 Å². The van der Waals surface area contributed by atoms with E-state index < -0.39 is 0 Å². The van der Waals surface area contributed by atoms with Crippen LogP contribution in [-0.4, -0.2) is 20.5 Å². The Kier molecular flexibility index (Phi) is 1.67. The Bertz CT molecular complexity index is 316. The number of Topliss-reactive ketones (excluding diaryl/α,β-unsaturated/α-hetero) is 1. The van der Waals surface area contributed by atoms with Crippen LogP contribution in [0, 0.1) is 0 Å². The fourth-order valence-electron chi connectivity index (χ4n) is 1.56. The predicted molar refractivity (Wildman–Crippen MR) is 42.7 cm³/mol. The molecule has 1 aliphatic heterocycles. The van der Waals surface area contributed by atoms with Gasteiger partial charge in [-0.05, 0) is 13.3 Å². The number of hydrogen-bond acceptors (Lipinski definition) is 3. The summed E-state index contributed by atoms with van der Waals surface area (Å²) in [4.78, 5) is 10.8. The first kappa shape index (κ1) is 7.46. The van der Waals surface area contributed by atoms with Gasteiger partial charge in [-0.25, -0.2) is 0 Å². The second kappa shape index (κ2) is 2.69. The highest BCUT2D eigenvalue weighted by Crippen LogP contribution is 2.14. The maximum atomic E-state index is 10.8. The summed E-state index contributed by atoms with van der Waals surface area (Å²) < 4.78 is 2.06. The zero-order chi connectivity index (χ0) is 8.55. The van der Waals surface area contributed by atoms with Gasteiger partial charge in [-0.15, -0.1) is 10.2 Å². The fraction of sp³-hybridized carbons (Fsp3) is 0.625. The number of aryl methyl sites for hydroxylation is 1. The molecule has 4 nitrogen and oxygen atoms in total. The van der Waals surface area contributed by atoms with E-state index in [9.17, 15) is 4.79 Å². The molecule has 0 unspecified atom stereocenters. The van der Waals surface area contributed by atoms with E-state index in [-0.39, 0.29) is 5.78 Å². The summed E-state index contributed by atoms with van der Waals surface area (Å²) in [6.07, 6.45) is 2.56. The number of hydrogen-bond donors (Lipinski definition) is 0. The third kappa shape index (κ3) is 1.13. The lowest BCUT2D eigenvalue weighted by Crippen LogP contribution is -2.05. The first-order valence-electron chi connectivity index (χ1n) is 4.18. The molecule has 0 aromatic carbocycles. The average molecular weight is 165 g/mol. The lowest BCUT2D eigenvalue weighted by atomic mass is 10.3. The molecular formula is C8H11N3O. The molecule has 1 aliphatic rings. The minimum absolute atomic E-state index is 0.150. The summed E-state index contributed by atoms with van der Waals surface area (Å²) in [6.45, 7) is 2.56. The molecule has 0 fully saturated rings. The Morgan fingerprint density at radius 3 is 3.17 bits per heavy atom. The molecule has 0 saturated heterocycles. The molecule has 1 aromatic heterocycles. The summed E-state index contributed by atoms with van der Waals surface area (Å²) in [7, 11) is 0. The van der Waals surface area contributed by atoms with Crippen LogP contribution in [0.15, 0.2) is 0 Å². The van der Waals surface area contributed by atoms with Gasteiger partial charge in [-0.2, -0.15) is 0 Å². The van der Waals surface area contributed by atoms with E-state index >= 15 is 0 Å². The van der Waals surface area contributed by atoms with Crippen molar-refractivity contribution in [2.24, 2.45) is 0 Å². The van der Waals surface area contributed by atoms with E-state index in [2.05, 4.69) is 14.8 Å². The smallest absolute Gasteiger partial charge is 0.140 e. The van der Waals surface area contributed by atoms with E-state index in [0.29, 0.717) is 6.42 Å². The van der Waals surface area contributed by atoms with Crippen LogP contribution in [0.2, 0.25) is 0 Å². The van der Waals surface area contributed by atoms with E-state index in [0.717, 1.165) is 31.0 Å². The van der Waals surface area contributed by atoms with Crippen molar-refractivity contribution in [2.75, 3.05) is 0 Å². The zero-order valence-electron chi connectivity index (χ0n) is 7.08. The molecule has 2 rings (SSSR count). The van der Waals surface area contributed by atoms with Gasteiger partial charge < -0.3 is 4.57 Å². The lowest BCUT2D eigenvalue weighted by molar-refractivity contribution is -0.116. The summed E-state index contributed by atoms with van der Waals surface area (Å²) in [5.41, 5.74) is 0. The standard InChI is InChI=1S/C8H11N3O/c1-6(12)5-8-10-9-7-3-2-4-11(7)8/h2-5H2,1H3. The van der Waals surface area contributed by atoms with Crippen LogP contribution >= 0.6 is 0 Å². The molecule has 2 heterocycles. The largest absolute Gasteiger partial charge is 0.315 e. The highest BCUT2D eigenvalue weighted by molar-refractivity contribution is 5.77. The van der Waals surface area contributed by atoms with Crippen LogP contribution < -0.4 is 0 Å². The summed E-state index contributed by atoms with van der Waals surface area (Å²) in [5, 5.41) is 7.98. The minimum atomic E-state index is 0.150. The second-order valence-electron chi connectivity index (χ2n) is 3.17. The third-order valence-electron chi connectivity index (χ3n) is 2.09. The molecule has 0 radical (unpaired) electrons. The Balaban J connectivity index is 2.27. The Morgan fingerprint density at radius 1 is 1.58 bits per heavy atom. The normalized spacial score (nSPS) is 14.8. The van der Waals surface area contributed by atoms with E-state index in [4.69, 9.17) is 0 Å². The number of aromatic nitrogens is 3. The molecule has 1 aromatic rings. The van der Waals surface area contributed by atoms with Crippen molar-refractivity contribution < 1.29 is 4.79 Å². The first-order valence-corrected chi connectivity index (χ1v) is 4.18. The summed E-state index contributed by atoms with van der Waals surface area (Å²) in [6, 6.07) is 0. The van der Waals surface area contributed by atoms with Crippen molar-refractivity contribution in [3.63, 3.8) is 0 Å². The van der Waals surface area contributed by atoms with Crippen LogP contribution in [0.5, 0.6) is 0 Å². The highest BCUT2D eigenvalue weighted by Gasteiger charge is 2.17. The lowest BCUT2D eigenvalue weighted by Gasteiger charge is -1.98. The highest BCUT2D eigenvalue weighted by atomic mass is 16.1. The summed E-state index contributed by atoms with van der Waals surface area (Å²) in [5.74, 6) is 2.01. The topological polar surface area (TPSA) is 47.8 Å². The minimum Gasteiger partial charge on any atom is -0.315 e. The molecule has 12 heavy (non-hydrogen) atoms. The van der Waals surface area contributed by atoms with Gasteiger partial charge in [-0.3, -0.25) is 4.79 Å². The van der Waals surface area contributed by atoms with Gasteiger partial charge in [0.05, 0.1) is 6.42 Å². The number of carbonyl (C=O) groups excluding carboxylic acids is 1. The van der Waals surface area contributed by atoms with Crippen LogP contribution in [0.3, 0.4) is 0 Å². The quantitative estimate of drug-likeness (QED) is 0.635. The molecule has 0 N–H and O–H groups in total. The molecule has 0 aliphatic carbocycles. The van der Waals surface area contributed by atoms with E-state index in [1.807, 2.05) is 0 Å². The zero-order valence-corrected chi connectivity index (χ0v) is 7.08. The predicted octanol–water partition coefficient (Wildman–Crippen LogP) is 0.356. The van der Waals surface area contributed by atoms with Crippen LogP contribution in [0.4, 0.5) is 0 Å². The van der Waals surface area contributed by atoms with Crippen molar-refractivity contribution in [3.8, 4) is 0 Å². The number of nitrogens with zero attached hydrogens (tertiary/aromatic N) is 3. The molecule has 4 heteroatoms. The Labute approximate surface area is 70.6 Å².